The molecule has 1 heteroatoms. The fourth-order valence-corrected chi connectivity index (χ4v) is 1.83. The molecular formula is C12H20O. The Bertz CT molecular complexity index is 182. The van der Waals surface area contributed by atoms with Crippen LogP contribution in [0.3, 0.4) is 0 Å². The van der Waals surface area contributed by atoms with Gasteiger partial charge in [-0.2, -0.15) is 0 Å². The molecule has 1 saturated carbocycles. The number of unbranched alkanes of at least 4 members (excludes halogenated alkanes) is 2. The van der Waals surface area contributed by atoms with Gasteiger partial charge in [0.2, 0.25) is 0 Å². The van der Waals surface area contributed by atoms with E-state index in [1.54, 1.807) is 0 Å². The Balaban J connectivity index is 2.19. The first-order valence-corrected chi connectivity index (χ1v) is 5.51. The van der Waals surface area contributed by atoms with Gasteiger partial charge in [0.25, 0.3) is 0 Å². The summed E-state index contributed by atoms with van der Waals surface area (Å²) in [5, 5.41) is 0. The van der Waals surface area contributed by atoms with Crippen molar-refractivity contribution in [3.05, 3.63) is 12.2 Å². The monoisotopic (exact) mass is 180 g/mol. The summed E-state index contributed by atoms with van der Waals surface area (Å²) in [6.07, 6.45) is 12.2. The van der Waals surface area contributed by atoms with Crippen LogP contribution >= 0.6 is 0 Å². The van der Waals surface area contributed by atoms with Crippen LogP contribution in [-0.4, -0.2) is 5.78 Å². The molecule has 0 heterocycles. The summed E-state index contributed by atoms with van der Waals surface area (Å²) in [5.41, 5.74) is 0. The van der Waals surface area contributed by atoms with Gasteiger partial charge in [-0.3, -0.25) is 4.79 Å². The van der Waals surface area contributed by atoms with Crippen LogP contribution in [0.2, 0.25) is 0 Å². The average Bonchev–Trinajstić information content (AvgIpc) is 2.13. The first-order valence-electron chi connectivity index (χ1n) is 5.51. The summed E-state index contributed by atoms with van der Waals surface area (Å²) >= 11 is 0. The number of carbonyl (C=O) groups is 1. The zero-order chi connectivity index (χ0) is 9.52. The van der Waals surface area contributed by atoms with Crippen LogP contribution in [0.5, 0.6) is 0 Å². The van der Waals surface area contributed by atoms with Crippen molar-refractivity contribution in [2.75, 3.05) is 0 Å². The summed E-state index contributed by atoms with van der Waals surface area (Å²) < 4.78 is 0. The molecule has 0 amide bonds. The Morgan fingerprint density at radius 2 is 2.38 bits per heavy atom. The zero-order valence-corrected chi connectivity index (χ0v) is 8.59. The first-order chi connectivity index (χ1) is 6.33. The molecule has 1 aliphatic carbocycles. The lowest BCUT2D eigenvalue weighted by Gasteiger charge is -2.16. The lowest BCUT2D eigenvalue weighted by atomic mass is 9.88. The maximum Gasteiger partial charge on any atom is 0.133 e. The molecule has 0 aliphatic heterocycles. The molecule has 74 valence electrons. The van der Waals surface area contributed by atoms with Crippen molar-refractivity contribution in [1.82, 2.24) is 0 Å². The number of rotatable bonds is 4. The van der Waals surface area contributed by atoms with Gasteiger partial charge in [0.15, 0.2) is 0 Å². The molecule has 13 heavy (non-hydrogen) atoms. The van der Waals surface area contributed by atoms with E-state index in [1.807, 2.05) is 0 Å². The number of carbonyl (C=O) groups excluding carboxylic acids is 1. The summed E-state index contributed by atoms with van der Waals surface area (Å²) in [6, 6.07) is 0. The van der Waals surface area contributed by atoms with Gasteiger partial charge in [0.05, 0.1) is 0 Å². The lowest BCUT2D eigenvalue weighted by molar-refractivity contribution is -0.121. The van der Waals surface area contributed by atoms with Crippen molar-refractivity contribution in [3.8, 4) is 0 Å². The van der Waals surface area contributed by atoms with E-state index in [9.17, 15) is 4.79 Å². The predicted octanol–water partition coefficient (Wildman–Crippen LogP) is 3.49. The van der Waals surface area contributed by atoms with Crippen LogP contribution < -0.4 is 0 Å². The molecule has 1 fully saturated rings. The first kappa shape index (κ1) is 10.5. The highest BCUT2D eigenvalue weighted by Gasteiger charge is 2.16. The maximum atomic E-state index is 11.1. The zero-order valence-electron chi connectivity index (χ0n) is 8.59. The van der Waals surface area contributed by atoms with Gasteiger partial charge >= 0.3 is 0 Å². The summed E-state index contributed by atoms with van der Waals surface area (Å²) in [6.45, 7) is 2.21. The highest BCUT2D eigenvalue weighted by atomic mass is 16.1. The van der Waals surface area contributed by atoms with Crippen LogP contribution in [0.1, 0.15) is 51.9 Å². The summed E-state index contributed by atoms with van der Waals surface area (Å²) in [7, 11) is 0. The fraction of sp³-hybridized carbons (Fsp3) is 0.750. The molecule has 0 spiro atoms. The predicted molar refractivity (Wildman–Crippen MR) is 55.6 cm³/mol. The number of Topliss-reactive ketones (excluding diaryl/α,β-unsaturated/α-hetero) is 1. The van der Waals surface area contributed by atoms with Crippen LogP contribution in [0.4, 0.5) is 0 Å². The fourth-order valence-electron chi connectivity index (χ4n) is 1.83. The van der Waals surface area contributed by atoms with E-state index in [-0.39, 0.29) is 0 Å². The summed E-state index contributed by atoms with van der Waals surface area (Å²) in [4.78, 5) is 11.1. The summed E-state index contributed by atoms with van der Waals surface area (Å²) in [5.74, 6) is 1.01. The van der Waals surface area contributed by atoms with E-state index < -0.39 is 0 Å². The second kappa shape index (κ2) is 5.95. The molecule has 1 rings (SSSR count). The molecule has 0 aromatic carbocycles. The van der Waals surface area contributed by atoms with Gasteiger partial charge in [0, 0.05) is 12.8 Å². The molecule has 0 saturated heterocycles. The molecule has 0 N–H and O–H groups in total. The van der Waals surface area contributed by atoms with Gasteiger partial charge in [-0.1, -0.05) is 31.9 Å². The number of ketones is 1. The Morgan fingerprint density at radius 3 is 3.08 bits per heavy atom. The van der Waals surface area contributed by atoms with E-state index in [0.717, 1.165) is 19.3 Å². The minimum Gasteiger partial charge on any atom is -0.300 e. The van der Waals surface area contributed by atoms with E-state index in [2.05, 4.69) is 19.1 Å². The van der Waals surface area contributed by atoms with Crippen molar-refractivity contribution < 1.29 is 4.79 Å². The molecule has 0 aromatic rings. The van der Waals surface area contributed by atoms with Crippen molar-refractivity contribution in [2.24, 2.45) is 5.92 Å². The van der Waals surface area contributed by atoms with E-state index in [4.69, 9.17) is 0 Å². The van der Waals surface area contributed by atoms with Crippen LogP contribution in [0.15, 0.2) is 12.2 Å². The largest absolute Gasteiger partial charge is 0.300 e. The molecule has 0 bridgehead atoms. The third-order valence-electron chi connectivity index (χ3n) is 2.65. The van der Waals surface area contributed by atoms with Gasteiger partial charge in [-0.25, -0.2) is 0 Å². The van der Waals surface area contributed by atoms with Gasteiger partial charge in [-0.15, -0.1) is 0 Å². The highest BCUT2D eigenvalue weighted by molar-refractivity contribution is 5.79. The molecule has 1 nitrogen and oxygen atoms in total. The van der Waals surface area contributed by atoms with E-state index in [0.29, 0.717) is 11.7 Å². The molecule has 0 radical (unpaired) electrons. The standard InChI is InChI=1S/C12H20O/c1-2-3-4-5-7-11-8-6-9-12(13)10-11/h5,7,11H,2-4,6,8-10H2,1H3. The Labute approximate surface area is 81.2 Å². The SMILES string of the molecule is CCCCC=CC1CCCC(=O)C1. The highest BCUT2D eigenvalue weighted by Crippen LogP contribution is 2.22. The Hall–Kier alpha value is -0.590. The lowest BCUT2D eigenvalue weighted by Crippen LogP contribution is -2.12. The van der Waals surface area contributed by atoms with Crippen molar-refractivity contribution in [2.45, 2.75) is 51.9 Å². The average molecular weight is 180 g/mol. The van der Waals surface area contributed by atoms with Crippen molar-refractivity contribution >= 4 is 5.78 Å². The molecular weight excluding hydrogens is 160 g/mol. The van der Waals surface area contributed by atoms with Crippen molar-refractivity contribution in [3.63, 3.8) is 0 Å². The van der Waals surface area contributed by atoms with Gasteiger partial charge in [-0.05, 0) is 25.2 Å². The van der Waals surface area contributed by atoms with Crippen LogP contribution in [0.25, 0.3) is 0 Å². The second-order valence-electron chi connectivity index (χ2n) is 3.97. The number of allylic oxidation sites excluding steroid dienone is 2. The Kier molecular flexibility index (Phi) is 4.81. The van der Waals surface area contributed by atoms with E-state index in [1.165, 1.54) is 25.7 Å². The second-order valence-corrected chi connectivity index (χ2v) is 3.97. The van der Waals surface area contributed by atoms with Crippen LogP contribution in [0, 0.1) is 5.92 Å². The minimum absolute atomic E-state index is 0.455. The quantitative estimate of drug-likeness (QED) is 0.478. The van der Waals surface area contributed by atoms with Gasteiger partial charge in [0.1, 0.15) is 5.78 Å². The molecule has 1 aliphatic rings. The smallest absolute Gasteiger partial charge is 0.133 e. The number of hydrogen-bond donors (Lipinski definition) is 0. The topological polar surface area (TPSA) is 17.1 Å². The Morgan fingerprint density at radius 1 is 1.54 bits per heavy atom. The number of hydrogen-bond acceptors (Lipinski definition) is 1. The van der Waals surface area contributed by atoms with E-state index >= 15 is 0 Å². The van der Waals surface area contributed by atoms with Crippen LogP contribution in [-0.2, 0) is 4.79 Å². The van der Waals surface area contributed by atoms with Gasteiger partial charge < -0.3 is 0 Å². The maximum absolute atomic E-state index is 11.1. The third-order valence-corrected chi connectivity index (χ3v) is 2.65. The molecule has 0 aromatic heterocycles. The third kappa shape index (κ3) is 4.25. The normalized spacial score (nSPS) is 24.1. The molecule has 1 unspecified atom stereocenters. The minimum atomic E-state index is 0.455. The molecule has 1 atom stereocenters. The van der Waals surface area contributed by atoms with Crippen molar-refractivity contribution in [1.29, 1.82) is 0 Å².